The van der Waals surface area contributed by atoms with Crippen LogP contribution in [0.25, 0.3) is 0 Å². The predicted molar refractivity (Wildman–Crippen MR) is 358 cm³/mol. The molecule has 0 heterocycles. The summed E-state index contributed by atoms with van der Waals surface area (Å²) in [5.41, 5.74) is 0. The molecular weight excluding hydrogens is 1170 g/mol. The zero-order chi connectivity index (χ0) is 66.1. The van der Waals surface area contributed by atoms with Crippen LogP contribution in [0.15, 0.2) is 0 Å². The van der Waals surface area contributed by atoms with E-state index in [-0.39, 0.29) is 25.7 Å². The molecule has 0 aliphatic rings. The number of hydrogen-bond donors (Lipinski definition) is 3. The molecule has 0 aliphatic heterocycles. The molecule has 3 N–H and O–H groups in total. The van der Waals surface area contributed by atoms with Gasteiger partial charge in [-0.3, -0.25) is 37.3 Å². The van der Waals surface area contributed by atoms with Gasteiger partial charge in [0.2, 0.25) is 0 Å². The Balaban J connectivity index is 5.21. The van der Waals surface area contributed by atoms with Crippen LogP contribution in [0.3, 0.4) is 0 Å². The maximum absolute atomic E-state index is 13.0. The summed E-state index contributed by atoms with van der Waals surface area (Å²) in [6, 6.07) is 0. The first-order chi connectivity index (χ1) is 42.6. The SMILES string of the molecule is CC(C)CCCCCCCCCCCCCCCC(=O)O[C@H](COC(=O)CCCCCCCCCC(C)C)COP(=O)(O)OCC(O)COP(=O)(O)OC[C@@H](COC(=O)CCCCCCCCCCCCCC(C)C)OC(=O)CCCCCCCCC(C)C. The van der Waals surface area contributed by atoms with E-state index in [1.54, 1.807) is 0 Å². The van der Waals surface area contributed by atoms with Crippen LogP contribution in [0, 0.1) is 23.7 Å². The van der Waals surface area contributed by atoms with Gasteiger partial charge in [0.05, 0.1) is 26.4 Å². The number of phosphoric acid groups is 2. The second kappa shape index (κ2) is 59.8. The van der Waals surface area contributed by atoms with Crippen LogP contribution in [0.2, 0.25) is 0 Å². The van der Waals surface area contributed by atoms with E-state index in [1.165, 1.54) is 141 Å². The fourth-order valence-electron chi connectivity index (χ4n) is 10.5. The molecule has 17 nitrogen and oxygen atoms in total. The van der Waals surface area contributed by atoms with Gasteiger partial charge in [-0.2, -0.15) is 0 Å². The lowest BCUT2D eigenvalue weighted by Crippen LogP contribution is -2.30. The molecule has 19 heteroatoms. The van der Waals surface area contributed by atoms with Crippen LogP contribution < -0.4 is 0 Å². The number of phosphoric ester groups is 2. The maximum Gasteiger partial charge on any atom is 0.472 e. The highest BCUT2D eigenvalue weighted by molar-refractivity contribution is 7.47. The number of ether oxygens (including phenoxy) is 4. The van der Waals surface area contributed by atoms with Gasteiger partial charge in [0.15, 0.2) is 12.2 Å². The summed E-state index contributed by atoms with van der Waals surface area (Å²) in [6.07, 6.45) is 41.9. The monoisotopic (exact) mass is 1310 g/mol. The number of aliphatic hydroxyl groups excluding tert-OH is 1. The molecule has 5 atom stereocenters. The molecule has 0 aromatic rings. The Kier molecular flexibility index (Phi) is 58.5. The van der Waals surface area contributed by atoms with Crippen molar-refractivity contribution in [1.82, 2.24) is 0 Å². The lowest BCUT2D eigenvalue weighted by Gasteiger charge is -2.21. The van der Waals surface area contributed by atoms with Crippen molar-refractivity contribution in [2.45, 2.75) is 363 Å². The first kappa shape index (κ1) is 87.1. The summed E-state index contributed by atoms with van der Waals surface area (Å²) in [6.45, 7) is 14.0. The normalized spacial score (nSPS) is 14.3. The fraction of sp³-hybridized carbons (Fsp3) is 0.943. The standard InChI is InChI=1S/C70H136O17P2/c1-60(2)46-38-30-22-17-13-10-9-11-15-20-26-36-44-52-69(74)86-65(56-81-68(73)51-43-35-27-21-24-32-40-48-62(5)6)58-84-88(76,77)82-54-64(71)55-83-89(78,79)85-59-66(87-70(75)53-45-37-29-28-33-41-49-63(7)8)57-80-67(72)50-42-34-25-19-16-12-14-18-23-31-39-47-61(3)4/h60-66,71H,9-59H2,1-8H3,(H,76,77)(H,78,79)/t64?,65-,66-/m1/s1. The Labute approximate surface area is 543 Å². The lowest BCUT2D eigenvalue weighted by molar-refractivity contribution is -0.161. The molecule has 0 saturated carbocycles. The number of rotatable bonds is 67. The third kappa shape index (κ3) is 64.6. The van der Waals surface area contributed by atoms with E-state index in [2.05, 4.69) is 55.4 Å². The topological polar surface area (TPSA) is 237 Å². The summed E-state index contributed by atoms with van der Waals surface area (Å²) in [5.74, 6) is 0.798. The van der Waals surface area contributed by atoms with Gasteiger partial charge < -0.3 is 33.8 Å². The van der Waals surface area contributed by atoms with E-state index >= 15 is 0 Å². The summed E-state index contributed by atoms with van der Waals surface area (Å²) >= 11 is 0. The van der Waals surface area contributed by atoms with Crippen LogP contribution >= 0.6 is 15.6 Å². The maximum atomic E-state index is 13.0. The molecule has 0 radical (unpaired) electrons. The lowest BCUT2D eigenvalue weighted by atomic mass is 10.0. The minimum absolute atomic E-state index is 0.101. The van der Waals surface area contributed by atoms with Crippen LogP contribution in [-0.4, -0.2) is 96.7 Å². The third-order valence-electron chi connectivity index (χ3n) is 16.1. The molecule has 0 bridgehead atoms. The first-order valence-corrected chi connectivity index (χ1v) is 39.2. The Morgan fingerprint density at radius 3 is 0.697 bits per heavy atom. The number of aliphatic hydroxyl groups is 1. The number of unbranched alkanes of at least 4 members (excludes halogenated alkanes) is 33. The van der Waals surface area contributed by atoms with Gasteiger partial charge >= 0.3 is 39.5 Å². The third-order valence-corrected chi connectivity index (χ3v) is 18.0. The smallest absolute Gasteiger partial charge is 0.462 e. The molecule has 528 valence electrons. The highest BCUT2D eigenvalue weighted by Crippen LogP contribution is 2.45. The first-order valence-electron chi connectivity index (χ1n) is 36.2. The van der Waals surface area contributed by atoms with Gasteiger partial charge in [0.1, 0.15) is 19.3 Å². The van der Waals surface area contributed by atoms with E-state index in [0.29, 0.717) is 37.5 Å². The van der Waals surface area contributed by atoms with Gasteiger partial charge in [0, 0.05) is 25.7 Å². The van der Waals surface area contributed by atoms with Crippen molar-refractivity contribution in [2.24, 2.45) is 23.7 Å². The predicted octanol–water partition coefficient (Wildman–Crippen LogP) is 19.7. The highest BCUT2D eigenvalue weighted by atomic mass is 31.2. The van der Waals surface area contributed by atoms with Crippen molar-refractivity contribution in [3.63, 3.8) is 0 Å². The summed E-state index contributed by atoms with van der Waals surface area (Å²) in [5, 5.41) is 10.6. The van der Waals surface area contributed by atoms with Gasteiger partial charge in [-0.1, -0.05) is 293 Å². The number of carbonyl (C=O) groups excluding carboxylic acids is 4. The number of esters is 4. The zero-order valence-corrected chi connectivity index (χ0v) is 59.8. The van der Waals surface area contributed by atoms with Crippen molar-refractivity contribution in [3.05, 3.63) is 0 Å². The van der Waals surface area contributed by atoms with Crippen molar-refractivity contribution in [3.8, 4) is 0 Å². The van der Waals surface area contributed by atoms with Gasteiger partial charge in [-0.15, -0.1) is 0 Å². The Bertz CT molecular complexity index is 1760. The van der Waals surface area contributed by atoms with Crippen molar-refractivity contribution < 1.29 is 80.2 Å². The molecule has 3 unspecified atom stereocenters. The van der Waals surface area contributed by atoms with Crippen molar-refractivity contribution in [2.75, 3.05) is 39.6 Å². The Morgan fingerprint density at radius 1 is 0.281 bits per heavy atom. The van der Waals surface area contributed by atoms with E-state index < -0.39 is 97.5 Å². The van der Waals surface area contributed by atoms with Gasteiger partial charge in [0.25, 0.3) is 0 Å². The highest BCUT2D eigenvalue weighted by Gasteiger charge is 2.30. The largest absolute Gasteiger partial charge is 0.472 e. The van der Waals surface area contributed by atoms with Crippen LogP contribution in [0.1, 0.15) is 344 Å². The Hall–Kier alpha value is -1.94. The second-order valence-corrected chi connectivity index (χ2v) is 30.1. The molecule has 0 aromatic heterocycles. The van der Waals surface area contributed by atoms with E-state index in [9.17, 15) is 43.2 Å². The fourth-order valence-corrected chi connectivity index (χ4v) is 12.1. The van der Waals surface area contributed by atoms with Crippen LogP contribution in [0.5, 0.6) is 0 Å². The molecule has 0 aromatic carbocycles. The summed E-state index contributed by atoms with van der Waals surface area (Å²) in [4.78, 5) is 72.5. The molecule has 0 fully saturated rings. The van der Waals surface area contributed by atoms with Crippen LogP contribution in [-0.2, 0) is 65.4 Å². The quantitative estimate of drug-likeness (QED) is 0.0222. The van der Waals surface area contributed by atoms with E-state index in [4.69, 9.17) is 37.0 Å². The molecule has 0 amide bonds. The molecule has 0 aliphatic carbocycles. The summed E-state index contributed by atoms with van der Waals surface area (Å²) < 4.78 is 68.2. The average molecular weight is 1310 g/mol. The Morgan fingerprint density at radius 2 is 0.472 bits per heavy atom. The van der Waals surface area contributed by atoms with Crippen molar-refractivity contribution in [1.29, 1.82) is 0 Å². The minimum atomic E-state index is -4.95. The zero-order valence-electron chi connectivity index (χ0n) is 58.1. The second-order valence-electron chi connectivity index (χ2n) is 27.2. The summed E-state index contributed by atoms with van der Waals surface area (Å²) in [7, 11) is -9.90. The average Bonchev–Trinajstić information content (AvgIpc) is 3.48. The number of hydrogen-bond acceptors (Lipinski definition) is 15. The number of carbonyl (C=O) groups is 4. The van der Waals surface area contributed by atoms with Gasteiger partial charge in [-0.25, -0.2) is 9.13 Å². The molecule has 89 heavy (non-hydrogen) atoms. The molecule has 0 saturated heterocycles. The molecule has 0 spiro atoms. The minimum Gasteiger partial charge on any atom is -0.462 e. The van der Waals surface area contributed by atoms with Gasteiger partial charge in [-0.05, 0) is 49.4 Å². The molecule has 0 rings (SSSR count). The van der Waals surface area contributed by atoms with Crippen LogP contribution in [0.4, 0.5) is 0 Å². The van der Waals surface area contributed by atoms with E-state index in [1.807, 2.05) is 0 Å². The molecular formula is C70H136O17P2. The van der Waals surface area contributed by atoms with E-state index in [0.717, 1.165) is 108 Å². The van der Waals surface area contributed by atoms with Crippen molar-refractivity contribution >= 4 is 39.5 Å².